The summed E-state index contributed by atoms with van der Waals surface area (Å²) < 4.78 is 9.76. The zero-order chi connectivity index (χ0) is 14.5. The van der Waals surface area contributed by atoms with Gasteiger partial charge in [0.05, 0.1) is 18.2 Å². The first-order valence-corrected chi connectivity index (χ1v) is 5.86. The number of rotatable bonds is 3. The minimum Gasteiger partial charge on any atom is -0.465 e. The van der Waals surface area contributed by atoms with Crippen LogP contribution in [0, 0.1) is 0 Å². The normalized spacial score (nSPS) is 9.85. The van der Waals surface area contributed by atoms with Crippen molar-refractivity contribution in [2.45, 2.75) is 0 Å². The van der Waals surface area contributed by atoms with Crippen LogP contribution in [-0.2, 0) is 4.74 Å². The Morgan fingerprint density at radius 2 is 1.65 bits per heavy atom. The fourth-order valence-electron chi connectivity index (χ4n) is 1.61. The fraction of sp³-hybridized carbons (Fsp3) is 0.0667. The number of nitrogen functional groups attached to an aromatic ring is 1. The first-order chi connectivity index (χ1) is 9.60. The first-order valence-electron chi connectivity index (χ1n) is 5.86. The van der Waals surface area contributed by atoms with E-state index in [1.807, 2.05) is 0 Å². The Kier molecular flexibility index (Phi) is 4.00. The van der Waals surface area contributed by atoms with Gasteiger partial charge in [0.2, 0.25) is 0 Å². The van der Waals surface area contributed by atoms with E-state index in [0.717, 1.165) is 0 Å². The summed E-state index contributed by atoms with van der Waals surface area (Å²) in [5, 5.41) is 0. The van der Waals surface area contributed by atoms with Gasteiger partial charge < -0.3 is 15.2 Å². The van der Waals surface area contributed by atoms with E-state index in [-0.39, 0.29) is 0 Å². The van der Waals surface area contributed by atoms with Crippen molar-refractivity contribution in [3.05, 3.63) is 59.7 Å². The molecule has 0 atom stereocenters. The molecular formula is C15H13NO4. The van der Waals surface area contributed by atoms with Gasteiger partial charge in [0, 0.05) is 5.69 Å². The Hall–Kier alpha value is -2.82. The van der Waals surface area contributed by atoms with Crippen LogP contribution in [0.5, 0.6) is 5.75 Å². The zero-order valence-electron chi connectivity index (χ0n) is 10.8. The SMILES string of the molecule is COC(=O)c1ccc(OC(=O)c2cccc(N)c2)cc1. The maximum absolute atomic E-state index is 11.9. The summed E-state index contributed by atoms with van der Waals surface area (Å²) in [6.45, 7) is 0. The van der Waals surface area contributed by atoms with Crippen LogP contribution in [0.4, 0.5) is 5.69 Å². The average Bonchev–Trinajstić information content (AvgIpc) is 2.47. The molecule has 20 heavy (non-hydrogen) atoms. The van der Waals surface area contributed by atoms with E-state index in [9.17, 15) is 9.59 Å². The van der Waals surface area contributed by atoms with E-state index >= 15 is 0 Å². The quantitative estimate of drug-likeness (QED) is 0.526. The number of carbonyl (C=O) groups is 2. The lowest BCUT2D eigenvalue weighted by atomic mass is 10.2. The van der Waals surface area contributed by atoms with Gasteiger partial charge in [0.15, 0.2) is 0 Å². The third-order valence-electron chi connectivity index (χ3n) is 2.61. The maximum Gasteiger partial charge on any atom is 0.343 e. The minimum absolute atomic E-state index is 0.338. The van der Waals surface area contributed by atoms with Gasteiger partial charge in [0.1, 0.15) is 5.75 Å². The van der Waals surface area contributed by atoms with Crippen molar-refractivity contribution >= 4 is 17.6 Å². The van der Waals surface area contributed by atoms with Gasteiger partial charge in [-0.1, -0.05) is 6.07 Å². The molecule has 0 bridgehead atoms. The molecule has 2 aromatic carbocycles. The summed E-state index contributed by atoms with van der Waals surface area (Å²) in [7, 11) is 1.30. The van der Waals surface area contributed by atoms with Crippen LogP contribution in [0.15, 0.2) is 48.5 Å². The highest BCUT2D eigenvalue weighted by molar-refractivity contribution is 5.92. The molecule has 0 aliphatic rings. The topological polar surface area (TPSA) is 78.6 Å². The predicted molar refractivity (Wildman–Crippen MR) is 73.6 cm³/mol. The lowest BCUT2D eigenvalue weighted by Crippen LogP contribution is -2.09. The molecule has 0 aliphatic heterocycles. The lowest BCUT2D eigenvalue weighted by Gasteiger charge is -2.05. The molecule has 0 fully saturated rings. The molecule has 0 aliphatic carbocycles. The zero-order valence-corrected chi connectivity index (χ0v) is 10.8. The van der Waals surface area contributed by atoms with Gasteiger partial charge in [-0.25, -0.2) is 9.59 Å². The summed E-state index contributed by atoms with van der Waals surface area (Å²) in [5.41, 5.74) is 6.83. The second-order valence-electron chi connectivity index (χ2n) is 4.03. The smallest absolute Gasteiger partial charge is 0.343 e. The largest absolute Gasteiger partial charge is 0.465 e. The van der Waals surface area contributed by atoms with Gasteiger partial charge in [-0.05, 0) is 42.5 Å². The molecular weight excluding hydrogens is 258 g/mol. The predicted octanol–water partition coefficient (Wildman–Crippen LogP) is 2.27. The number of nitrogens with two attached hydrogens (primary N) is 1. The molecule has 0 heterocycles. The number of benzene rings is 2. The van der Waals surface area contributed by atoms with Crippen LogP contribution >= 0.6 is 0 Å². The fourth-order valence-corrected chi connectivity index (χ4v) is 1.61. The average molecular weight is 271 g/mol. The van der Waals surface area contributed by atoms with Crippen molar-refractivity contribution in [1.29, 1.82) is 0 Å². The van der Waals surface area contributed by atoms with Crippen molar-refractivity contribution in [1.82, 2.24) is 0 Å². The molecule has 2 rings (SSSR count). The molecule has 2 N–H and O–H groups in total. The second kappa shape index (κ2) is 5.88. The van der Waals surface area contributed by atoms with E-state index in [1.54, 1.807) is 18.2 Å². The summed E-state index contributed by atoms with van der Waals surface area (Å²) in [5.74, 6) is -0.619. The molecule has 0 amide bonds. The van der Waals surface area contributed by atoms with Crippen molar-refractivity contribution in [3.8, 4) is 5.75 Å². The van der Waals surface area contributed by atoms with Gasteiger partial charge in [0.25, 0.3) is 0 Å². The Morgan fingerprint density at radius 1 is 0.950 bits per heavy atom. The number of esters is 2. The highest BCUT2D eigenvalue weighted by Gasteiger charge is 2.10. The monoisotopic (exact) mass is 271 g/mol. The van der Waals surface area contributed by atoms with Crippen LogP contribution in [0.3, 0.4) is 0 Å². The van der Waals surface area contributed by atoms with Crippen molar-refractivity contribution in [2.24, 2.45) is 0 Å². The Labute approximate surface area is 115 Å². The van der Waals surface area contributed by atoms with E-state index in [2.05, 4.69) is 4.74 Å². The van der Waals surface area contributed by atoms with E-state index in [0.29, 0.717) is 22.6 Å². The molecule has 0 unspecified atom stereocenters. The molecule has 0 radical (unpaired) electrons. The van der Waals surface area contributed by atoms with Gasteiger partial charge in [-0.15, -0.1) is 0 Å². The standard InChI is InChI=1S/C15H13NO4/c1-19-14(17)10-5-7-13(8-6-10)20-15(18)11-3-2-4-12(16)9-11/h2-9H,16H2,1H3. The van der Waals surface area contributed by atoms with Gasteiger partial charge in [-0.3, -0.25) is 0 Å². The third kappa shape index (κ3) is 3.14. The minimum atomic E-state index is -0.511. The Morgan fingerprint density at radius 3 is 2.25 bits per heavy atom. The Balaban J connectivity index is 2.10. The van der Waals surface area contributed by atoms with Crippen LogP contribution in [0.1, 0.15) is 20.7 Å². The third-order valence-corrected chi connectivity index (χ3v) is 2.61. The molecule has 0 aromatic heterocycles. The van der Waals surface area contributed by atoms with Crippen molar-refractivity contribution in [2.75, 3.05) is 12.8 Å². The molecule has 102 valence electrons. The second-order valence-corrected chi connectivity index (χ2v) is 4.03. The van der Waals surface area contributed by atoms with E-state index in [4.69, 9.17) is 10.5 Å². The number of carbonyl (C=O) groups excluding carboxylic acids is 2. The molecule has 2 aromatic rings. The molecule has 0 saturated carbocycles. The molecule has 0 saturated heterocycles. The van der Waals surface area contributed by atoms with Crippen molar-refractivity contribution in [3.63, 3.8) is 0 Å². The van der Waals surface area contributed by atoms with Crippen LogP contribution in [0.2, 0.25) is 0 Å². The molecule has 0 spiro atoms. The Bertz CT molecular complexity index is 635. The van der Waals surface area contributed by atoms with Crippen molar-refractivity contribution < 1.29 is 19.1 Å². The number of hydrogen-bond acceptors (Lipinski definition) is 5. The van der Waals surface area contributed by atoms with E-state index < -0.39 is 11.9 Å². The van der Waals surface area contributed by atoms with Gasteiger partial charge in [-0.2, -0.15) is 0 Å². The molecule has 5 nitrogen and oxygen atoms in total. The van der Waals surface area contributed by atoms with Crippen LogP contribution in [0.25, 0.3) is 0 Å². The van der Waals surface area contributed by atoms with Crippen LogP contribution < -0.4 is 10.5 Å². The lowest BCUT2D eigenvalue weighted by molar-refractivity contribution is 0.0600. The summed E-state index contributed by atoms with van der Waals surface area (Å²) in [6.07, 6.45) is 0. The number of hydrogen-bond donors (Lipinski definition) is 1. The number of ether oxygens (including phenoxy) is 2. The van der Waals surface area contributed by atoms with Gasteiger partial charge >= 0.3 is 11.9 Å². The summed E-state index contributed by atoms with van der Waals surface area (Å²) in [6, 6.07) is 12.6. The highest BCUT2D eigenvalue weighted by atomic mass is 16.5. The highest BCUT2D eigenvalue weighted by Crippen LogP contribution is 2.15. The number of methoxy groups -OCH3 is 1. The molecule has 5 heteroatoms. The number of anilines is 1. The maximum atomic E-state index is 11.9. The first kappa shape index (κ1) is 13.6. The van der Waals surface area contributed by atoms with Crippen LogP contribution in [-0.4, -0.2) is 19.0 Å². The summed E-state index contributed by atoms with van der Waals surface area (Å²) >= 11 is 0. The van der Waals surface area contributed by atoms with E-state index in [1.165, 1.54) is 37.4 Å². The summed E-state index contributed by atoms with van der Waals surface area (Å²) in [4.78, 5) is 23.1.